The summed E-state index contributed by atoms with van der Waals surface area (Å²) in [5.74, 6) is 0.905. The standard InChI is InChI=1S/C16H15Cl2NO/c1-19-9-11-8-10-4-2-5-12(16(10)20-11)15-13(17)6-3-7-14(15)18/h2-7,11,19H,8-9H2,1H3/t11-/m0/s1. The Bertz CT molecular complexity index is 622. The molecule has 0 saturated carbocycles. The normalized spacial score (nSPS) is 16.9. The molecule has 20 heavy (non-hydrogen) atoms. The first-order valence-electron chi connectivity index (χ1n) is 6.58. The number of halogens is 2. The molecule has 3 rings (SSSR count). The van der Waals surface area contributed by atoms with Crippen molar-refractivity contribution in [3.63, 3.8) is 0 Å². The zero-order valence-electron chi connectivity index (χ0n) is 11.1. The van der Waals surface area contributed by atoms with E-state index in [1.54, 1.807) is 0 Å². The second kappa shape index (κ2) is 5.65. The maximum Gasteiger partial charge on any atom is 0.131 e. The zero-order valence-corrected chi connectivity index (χ0v) is 12.6. The summed E-state index contributed by atoms with van der Waals surface area (Å²) in [7, 11) is 1.93. The number of ether oxygens (including phenoxy) is 1. The largest absolute Gasteiger partial charge is 0.488 e. The minimum atomic E-state index is 0.164. The molecule has 1 N–H and O–H groups in total. The summed E-state index contributed by atoms with van der Waals surface area (Å²) in [6.45, 7) is 0.824. The molecule has 0 aliphatic carbocycles. The van der Waals surface area contributed by atoms with Crippen molar-refractivity contribution in [2.24, 2.45) is 0 Å². The Kier molecular flexibility index (Phi) is 3.88. The molecule has 1 aliphatic rings. The van der Waals surface area contributed by atoms with Crippen LogP contribution in [0.25, 0.3) is 11.1 Å². The Balaban J connectivity index is 2.08. The molecule has 0 fully saturated rings. The van der Waals surface area contributed by atoms with Gasteiger partial charge in [0, 0.05) is 24.1 Å². The molecule has 0 saturated heterocycles. The van der Waals surface area contributed by atoms with Gasteiger partial charge < -0.3 is 10.1 Å². The van der Waals surface area contributed by atoms with Gasteiger partial charge in [-0.1, -0.05) is 47.5 Å². The van der Waals surface area contributed by atoms with Crippen LogP contribution in [0.4, 0.5) is 0 Å². The average Bonchev–Trinajstić information content (AvgIpc) is 2.82. The fourth-order valence-electron chi connectivity index (χ4n) is 2.63. The minimum absolute atomic E-state index is 0.164. The molecule has 1 heterocycles. The summed E-state index contributed by atoms with van der Waals surface area (Å²) in [5.41, 5.74) is 3.02. The molecule has 1 atom stereocenters. The number of likely N-dealkylation sites (N-methyl/N-ethyl adjacent to an activating group) is 1. The van der Waals surface area contributed by atoms with Crippen LogP contribution >= 0.6 is 23.2 Å². The highest BCUT2D eigenvalue weighted by Crippen LogP contribution is 2.43. The number of benzene rings is 2. The van der Waals surface area contributed by atoms with Gasteiger partial charge in [-0.2, -0.15) is 0 Å². The van der Waals surface area contributed by atoms with Gasteiger partial charge in [0.2, 0.25) is 0 Å². The Morgan fingerprint density at radius 1 is 1.15 bits per heavy atom. The van der Waals surface area contributed by atoms with Crippen molar-refractivity contribution in [2.45, 2.75) is 12.5 Å². The monoisotopic (exact) mass is 307 g/mol. The van der Waals surface area contributed by atoms with Crippen LogP contribution in [0.2, 0.25) is 10.0 Å². The smallest absolute Gasteiger partial charge is 0.131 e. The lowest BCUT2D eigenvalue weighted by Crippen LogP contribution is -2.27. The van der Waals surface area contributed by atoms with Crippen molar-refractivity contribution in [3.8, 4) is 16.9 Å². The highest BCUT2D eigenvalue weighted by atomic mass is 35.5. The maximum atomic E-state index is 6.31. The fourth-order valence-corrected chi connectivity index (χ4v) is 3.23. The lowest BCUT2D eigenvalue weighted by atomic mass is 10.0. The molecular formula is C16H15Cl2NO. The first-order chi connectivity index (χ1) is 9.70. The lowest BCUT2D eigenvalue weighted by molar-refractivity contribution is 0.232. The van der Waals surface area contributed by atoms with E-state index in [9.17, 15) is 0 Å². The third-order valence-electron chi connectivity index (χ3n) is 3.49. The summed E-state index contributed by atoms with van der Waals surface area (Å²) in [4.78, 5) is 0. The number of para-hydroxylation sites is 1. The van der Waals surface area contributed by atoms with Crippen molar-refractivity contribution >= 4 is 23.2 Å². The highest BCUT2D eigenvalue weighted by molar-refractivity contribution is 6.39. The highest BCUT2D eigenvalue weighted by Gasteiger charge is 2.26. The number of fused-ring (bicyclic) bond motifs is 1. The first-order valence-corrected chi connectivity index (χ1v) is 7.34. The second-order valence-electron chi connectivity index (χ2n) is 4.89. The number of hydrogen-bond acceptors (Lipinski definition) is 2. The van der Waals surface area contributed by atoms with Gasteiger partial charge in [-0.3, -0.25) is 0 Å². The second-order valence-corrected chi connectivity index (χ2v) is 5.71. The molecule has 0 spiro atoms. The molecule has 4 heteroatoms. The van der Waals surface area contributed by atoms with E-state index in [1.165, 1.54) is 5.56 Å². The first kappa shape index (κ1) is 13.7. The number of nitrogens with one attached hydrogen (secondary N) is 1. The molecule has 2 aromatic rings. The van der Waals surface area contributed by atoms with Gasteiger partial charge in [0.1, 0.15) is 11.9 Å². The third-order valence-corrected chi connectivity index (χ3v) is 4.12. The van der Waals surface area contributed by atoms with E-state index in [4.69, 9.17) is 27.9 Å². The van der Waals surface area contributed by atoms with Crippen LogP contribution in [0.3, 0.4) is 0 Å². The maximum absolute atomic E-state index is 6.31. The SMILES string of the molecule is CNC[C@@H]1Cc2cccc(-c3c(Cl)cccc3Cl)c2O1. The van der Waals surface area contributed by atoms with E-state index in [-0.39, 0.29) is 6.10 Å². The van der Waals surface area contributed by atoms with Crippen LogP contribution in [0, 0.1) is 0 Å². The predicted molar refractivity (Wildman–Crippen MR) is 83.9 cm³/mol. The van der Waals surface area contributed by atoms with Crippen molar-refractivity contribution in [3.05, 3.63) is 52.0 Å². The number of rotatable bonds is 3. The van der Waals surface area contributed by atoms with Gasteiger partial charge in [0.05, 0.1) is 10.0 Å². The van der Waals surface area contributed by atoms with Gasteiger partial charge in [0.15, 0.2) is 0 Å². The van der Waals surface area contributed by atoms with E-state index in [0.717, 1.165) is 29.8 Å². The molecule has 1 aliphatic heterocycles. The molecule has 104 valence electrons. The molecule has 0 radical (unpaired) electrons. The van der Waals surface area contributed by atoms with Crippen molar-refractivity contribution in [1.29, 1.82) is 0 Å². The van der Waals surface area contributed by atoms with E-state index < -0.39 is 0 Å². The fraction of sp³-hybridized carbons (Fsp3) is 0.250. The molecular weight excluding hydrogens is 293 g/mol. The Labute approximate surface area is 128 Å². The molecule has 0 unspecified atom stereocenters. The van der Waals surface area contributed by atoms with Crippen molar-refractivity contribution in [1.82, 2.24) is 5.32 Å². The Morgan fingerprint density at radius 2 is 1.85 bits per heavy atom. The van der Waals surface area contributed by atoms with Gasteiger partial charge in [-0.25, -0.2) is 0 Å². The van der Waals surface area contributed by atoms with Gasteiger partial charge in [-0.05, 0) is 24.7 Å². The summed E-state index contributed by atoms with van der Waals surface area (Å²) in [5, 5.41) is 4.44. The molecule has 0 aromatic heterocycles. The topological polar surface area (TPSA) is 21.3 Å². The van der Waals surface area contributed by atoms with Crippen molar-refractivity contribution < 1.29 is 4.74 Å². The van der Waals surface area contributed by atoms with Crippen LogP contribution in [-0.4, -0.2) is 19.7 Å². The molecule has 0 bridgehead atoms. The predicted octanol–water partition coefficient (Wildman–Crippen LogP) is 4.18. The minimum Gasteiger partial charge on any atom is -0.488 e. The van der Waals surface area contributed by atoms with Crippen LogP contribution in [0.15, 0.2) is 36.4 Å². The van der Waals surface area contributed by atoms with Crippen molar-refractivity contribution in [2.75, 3.05) is 13.6 Å². The quantitative estimate of drug-likeness (QED) is 0.918. The summed E-state index contributed by atoms with van der Waals surface area (Å²) < 4.78 is 6.06. The molecule has 2 nitrogen and oxygen atoms in total. The van der Waals surface area contributed by atoms with Crippen LogP contribution in [0.5, 0.6) is 5.75 Å². The summed E-state index contributed by atoms with van der Waals surface area (Å²) >= 11 is 12.6. The van der Waals surface area contributed by atoms with E-state index in [1.807, 2.05) is 37.4 Å². The van der Waals surface area contributed by atoms with Crippen LogP contribution < -0.4 is 10.1 Å². The van der Waals surface area contributed by atoms with E-state index in [0.29, 0.717) is 10.0 Å². The Hall–Kier alpha value is -1.22. The zero-order chi connectivity index (χ0) is 14.1. The van der Waals surface area contributed by atoms with Crippen LogP contribution in [-0.2, 0) is 6.42 Å². The van der Waals surface area contributed by atoms with E-state index in [2.05, 4.69) is 11.4 Å². The lowest BCUT2D eigenvalue weighted by Gasteiger charge is -2.13. The third kappa shape index (κ3) is 2.39. The van der Waals surface area contributed by atoms with Gasteiger partial charge in [0.25, 0.3) is 0 Å². The summed E-state index contributed by atoms with van der Waals surface area (Å²) in [6.07, 6.45) is 1.07. The molecule has 2 aromatic carbocycles. The summed E-state index contributed by atoms with van der Waals surface area (Å²) in [6, 6.07) is 11.7. The number of hydrogen-bond donors (Lipinski definition) is 1. The Morgan fingerprint density at radius 3 is 2.55 bits per heavy atom. The average molecular weight is 308 g/mol. The van der Waals surface area contributed by atoms with Gasteiger partial charge >= 0.3 is 0 Å². The van der Waals surface area contributed by atoms with Gasteiger partial charge in [-0.15, -0.1) is 0 Å². The van der Waals surface area contributed by atoms with E-state index >= 15 is 0 Å². The van der Waals surface area contributed by atoms with Crippen LogP contribution in [0.1, 0.15) is 5.56 Å². The molecule has 0 amide bonds.